The van der Waals surface area contributed by atoms with E-state index in [1.807, 2.05) is 0 Å². The molecular weight excluding hydrogens is 227 g/mol. The molecule has 4 nitrogen and oxygen atoms in total. The molecule has 0 aromatic carbocycles. The first-order chi connectivity index (χ1) is 6.58. The number of carboxylic acids is 1. The molecule has 0 aliphatic heterocycles. The number of carbonyl (C=O) groups is 1. The number of aromatic nitrogens is 2. The third-order valence-corrected chi connectivity index (χ3v) is 2.97. The lowest BCUT2D eigenvalue weighted by atomic mass is 9.99. The highest BCUT2D eigenvalue weighted by atomic mass is 35.5. The minimum absolute atomic E-state index is 0.130. The molecule has 0 amide bonds. The summed E-state index contributed by atoms with van der Waals surface area (Å²) in [5.74, 6) is -0.920. The zero-order valence-corrected chi connectivity index (χ0v) is 8.51. The summed E-state index contributed by atoms with van der Waals surface area (Å²) >= 11 is 11.6. The van der Waals surface area contributed by atoms with Gasteiger partial charge in [-0.3, -0.25) is 4.79 Å². The molecule has 1 aromatic heterocycles. The van der Waals surface area contributed by atoms with Crippen LogP contribution in [0.3, 0.4) is 0 Å². The second-order valence-corrected chi connectivity index (χ2v) is 3.93. The number of halogens is 2. The smallest absolute Gasteiger partial charge is 0.314 e. The number of aliphatic carboxylic acids is 1. The predicted octanol–water partition coefficient (Wildman–Crippen LogP) is 1.90. The average Bonchev–Trinajstić information content (AvgIpc) is 2.85. The van der Waals surface area contributed by atoms with Crippen molar-refractivity contribution >= 4 is 29.2 Å². The molecule has 0 spiro atoms. The normalized spacial score (nSPS) is 17.9. The van der Waals surface area contributed by atoms with Crippen LogP contribution in [0, 0.1) is 0 Å². The average molecular weight is 233 g/mol. The Morgan fingerprint density at radius 3 is 2.21 bits per heavy atom. The molecule has 1 heterocycles. The van der Waals surface area contributed by atoms with Crippen LogP contribution in [0.4, 0.5) is 0 Å². The van der Waals surface area contributed by atoms with E-state index in [4.69, 9.17) is 28.3 Å². The maximum absolute atomic E-state index is 11.0. The minimum Gasteiger partial charge on any atom is -0.481 e. The molecule has 0 unspecified atom stereocenters. The van der Waals surface area contributed by atoms with Crippen molar-refractivity contribution in [2.45, 2.75) is 18.3 Å². The Hall–Kier alpha value is -0.870. The summed E-state index contributed by atoms with van der Waals surface area (Å²) in [6.07, 6.45) is 2.29. The topological polar surface area (TPSA) is 63.1 Å². The number of nitrogens with zero attached hydrogens (tertiary/aromatic N) is 2. The highest BCUT2D eigenvalue weighted by Gasteiger charge is 2.54. The summed E-state index contributed by atoms with van der Waals surface area (Å²) < 4.78 is 0. The molecule has 6 heteroatoms. The Bertz CT molecular complexity index is 384. The van der Waals surface area contributed by atoms with Crippen LogP contribution in [-0.2, 0) is 10.2 Å². The zero-order valence-electron chi connectivity index (χ0n) is 7.00. The molecule has 0 radical (unpaired) electrons. The van der Waals surface area contributed by atoms with Gasteiger partial charge in [0.05, 0.1) is 5.41 Å². The number of carboxylic acid groups (broad SMARTS) is 1. The highest BCUT2D eigenvalue weighted by Crippen LogP contribution is 2.52. The lowest BCUT2D eigenvalue weighted by Gasteiger charge is -2.11. The van der Waals surface area contributed by atoms with Crippen molar-refractivity contribution in [2.24, 2.45) is 0 Å². The fourth-order valence-electron chi connectivity index (χ4n) is 1.44. The third kappa shape index (κ3) is 1.26. The van der Waals surface area contributed by atoms with Gasteiger partial charge in [0.15, 0.2) is 0 Å². The van der Waals surface area contributed by atoms with Crippen LogP contribution in [0.15, 0.2) is 6.33 Å². The van der Waals surface area contributed by atoms with E-state index in [-0.39, 0.29) is 10.3 Å². The van der Waals surface area contributed by atoms with E-state index in [0.717, 1.165) is 0 Å². The summed E-state index contributed by atoms with van der Waals surface area (Å²) in [6, 6.07) is 0. The van der Waals surface area contributed by atoms with E-state index in [0.29, 0.717) is 18.4 Å². The maximum atomic E-state index is 11.0. The zero-order chi connectivity index (χ0) is 10.3. The quantitative estimate of drug-likeness (QED) is 0.792. The molecule has 1 fully saturated rings. The molecule has 74 valence electrons. The fraction of sp³-hybridized carbons (Fsp3) is 0.375. The minimum atomic E-state index is -0.949. The van der Waals surface area contributed by atoms with E-state index in [1.54, 1.807) is 0 Å². The van der Waals surface area contributed by atoms with Crippen molar-refractivity contribution < 1.29 is 9.90 Å². The van der Waals surface area contributed by atoms with E-state index in [2.05, 4.69) is 9.97 Å². The van der Waals surface area contributed by atoms with Crippen molar-refractivity contribution in [1.29, 1.82) is 0 Å². The summed E-state index contributed by atoms with van der Waals surface area (Å²) in [5, 5.41) is 9.29. The summed E-state index contributed by atoms with van der Waals surface area (Å²) in [5.41, 5.74) is -0.606. The van der Waals surface area contributed by atoms with Gasteiger partial charge in [0.2, 0.25) is 0 Å². The van der Waals surface area contributed by atoms with E-state index in [1.165, 1.54) is 6.33 Å². The Balaban J connectivity index is 2.56. The highest BCUT2D eigenvalue weighted by molar-refractivity contribution is 6.35. The molecule has 0 saturated heterocycles. The lowest BCUT2D eigenvalue weighted by molar-refractivity contribution is -0.140. The van der Waals surface area contributed by atoms with Gasteiger partial charge >= 0.3 is 5.97 Å². The van der Waals surface area contributed by atoms with Gasteiger partial charge in [0.25, 0.3) is 0 Å². The van der Waals surface area contributed by atoms with E-state index in [9.17, 15) is 4.79 Å². The van der Waals surface area contributed by atoms with Crippen LogP contribution in [0.5, 0.6) is 0 Å². The summed E-state index contributed by atoms with van der Waals surface area (Å²) in [4.78, 5) is 18.5. The van der Waals surface area contributed by atoms with Gasteiger partial charge in [-0.05, 0) is 12.8 Å². The second kappa shape index (κ2) is 3.07. The van der Waals surface area contributed by atoms with Crippen molar-refractivity contribution in [3.05, 3.63) is 22.2 Å². The largest absolute Gasteiger partial charge is 0.481 e. The molecule has 0 atom stereocenters. The first-order valence-electron chi connectivity index (χ1n) is 3.98. The Morgan fingerprint density at radius 1 is 1.36 bits per heavy atom. The Labute approximate surface area is 89.9 Å². The van der Waals surface area contributed by atoms with Crippen molar-refractivity contribution in [3.63, 3.8) is 0 Å². The molecule has 1 saturated carbocycles. The van der Waals surface area contributed by atoms with Crippen molar-refractivity contribution in [1.82, 2.24) is 9.97 Å². The van der Waals surface area contributed by atoms with Gasteiger partial charge in [0.1, 0.15) is 16.6 Å². The summed E-state index contributed by atoms with van der Waals surface area (Å²) in [6.45, 7) is 0. The van der Waals surface area contributed by atoms with E-state index < -0.39 is 11.4 Å². The molecule has 1 N–H and O–H groups in total. The maximum Gasteiger partial charge on any atom is 0.314 e. The SMILES string of the molecule is O=C(O)C1(c2c(Cl)ncnc2Cl)CC1. The molecule has 0 bridgehead atoms. The monoisotopic (exact) mass is 232 g/mol. The van der Waals surface area contributed by atoms with Gasteiger partial charge in [-0.25, -0.2) is 9.97 Å². The number of hydrogen-bond acceptors (Lipinski definition) is 3. The first-order valence-corrected chi connectivity index (χ1v) is 4.73. The molecular formula is C8H6Cl2N2O2. The summed E-state index contributed by atoms with van der Waals surface area (Å²) in [7, 11) is 0. The number of rotatable bonds is 2. The molecule has 2 rings (SSSR count). The van der Waals surface area contributed by atoms with Crippen LogP contribution in [-0.4, -0.2) is 21.0 Å². The van der Waals surface area contributed by atoms with Gasteiger partial charge in [-0.15, -0.1) is 0 Å². The molecule has 14 heavy (non-hydrogen) atoms. The van der Waals surface area contributed by atoms with Crippen LogP contribution in [0.2, 0.25) is 10.3 Å². The van der Waals surface area contributed by atoms with Crippen LogP contribution >= 0.6 is 23.2 Å². The first kappa shape index (κ1) is 9.68. The lowest BCUT2D eigenvalue weighted by Crippen LogP contribution is -2.21. The van der Waals surface area contributed by atoms with E-state index >= 15 is 0 Å². The second-order valence-electron chi connectivity index (χ2n) is 3.22. The standard InChI is InChI=1S/C8H6Cl2N2O2/c9-5-4(6(10)12-3-11-5)8(1-2-8)7(13)14/h3H,1-2H2,(H,13,14). The van der Waals surface area contributed by atoms with Gasteiger partial charge in [0, 0.05) is 5.56 Å². The fourth-order valence-corrected chi connectivity index (χ4v) is 2.11. The Kier molecular flexibility index (Phi) is 2.12. The predicted molar refractivity (Wildman–Crippen MR) is 50.6 cm³/mol. The van der Waals surface area contributed by atoms with Gasteiger partial charge in [-0.1, -0.05) is 23.2 Å². The van der Waals surface area contributed by atoms with Crippen LogP contribution < -0.4 is 0 Å². The van der Waals surface area contributed by atoms with Gasteiger partial charge < -0.3 is 5.11 Å². The molecule has 1 aliphatic carbocycles. The van der Waals surface area contributed by atoms with Crippen LogP contribution in [0.25, 0.3) is 0 Å². The number of hydrogen-bond donors (Lipinski definition) is 1. The van der Waals surface area contributed by atoms with Crippen molar-refractivity contribution in [3.8, 4) is 0 Å². The van der Waals surface area contributed by atoms with Crippen molar-refractivity contribution in [2.75, 3.05) is 0 Å². The van der Waals surface area contributed by atoms with Crippen LogP contribution in [0.1, 0.15) is 18.4 Å². The Morgan fingerprint density at radius 2 is 1.86 bits per heavy atom. The molecule has 1 aliphatic rings. The van der Waals surface area contributed by atoms with Gasteiger partial charge in [-0.2, -0.15) is 0 Å². The molecule has 1 aromatic rings. The third-order valence-electron chi connectivity index (χ3n) is 2.39.